The van der Waals surface area contributed by atoms with E-state index in [1.807, 2.05) is 0 Å². The third kappa shape index (κ3) is 2.27. The lowest BCUT2D eigenvalue weighted by Gasteiger charge is -2.07. The fourth-order valence-corrected chi connectivity index (χ4v) is 1.25. The van der Waals surface area contributed by atoms with Crippen molar-refractivity contribution in [2.45, 2.75) is 6.17 Å². The number of hydrogen-bond donors (Lipinski definition) is 1. The van der Waals surface area contributed by atoms with E-state index in [4.69, 9.17) is 28.9 Å². The second-order valence-electron chi connectivity index (χ2n) is 2.34. The fraction of sp³-hybridized carbons (Fsp3) is 0.286. The summed E-state index contributed by atoms with van der Waals surface area (Å²) in [6.07, 6.45) is -1.52. The minimum Gasteiger partial charge on any atom is -0.327 e. The van der Waals surface area contributed by atoms with Crippen molar-refractivity contribution in [2.24, 2.45) is 5.73 Å². The van der Waals surface area contributed by atoms with Crippen LogP contribution in [0.3, 0.4) is 0 Å². The molecule has 1 aromatic heterocycles. The lowest BCUT2D eigenvalue weighted by Crippen LogP contribution is -2.09. The minimum atomic E-state index is -1.52. The van der Waals surface area contributed by atoms with Crippen LogP contribution in [-0.2, 0) is 0 Å². The van der Waals surface area contributed by atoms with Gasteiger partial charge in [0.2, 0.25) is 0 Å². The van der Waals surface area contributed by atoms with Gasteiger partial charge in [0.1, 0.15) is 11.3 Å². The number of alkyl halides is 1. The molecular formula is C7H6Cl2F2N2. The van der Waals surface area contributed by atoms with Gasteiger partial charge >= 0.3 is 0 Å². The van der Waals surface area contributed by atoms with Gasteiger partial charge in [0.25, 0.3) is 0 Å². The molecule has 0 aliphatic rings. The quantitative estimate of drug-likeness (QED) is 0.788. The first-order valence-corrected chi connectivity index (χ1v) is 4.17. The molecule has 1 unspecified atom stereocenters. The Morgan fingerprint density at radius 1 is 1.46 bits per heavy atom. The maximum absolute atomic E-state index is 13.0. The number of pyridine rings is 1. The Balaban J connectivity index is 3.15. The molecule has 0 aliphatic heterocycles. The molecule has 0 saturated heterocycles. The largest absolute Gasteiger partial charge is 0.327 e. The highest BCUT2D eigenvalue weighted by Crippen LogP contribution is 2.26. The van der Waals surface area contributed by atoms with Crippen LogP contribution in [0.15, 0.2) is 6.07 Å². The summed E-state index contributed by atoms with van der Waals surface area (Å²) in [6, 6.07) is 0.898. The molecule has 1 rings (SSSR count). The van der Waals surface area contributed by atoms with Crippen molar-refractivity contribution < 1.29 is 8.78 Å². The molecule has 1 atom stereocenters. The molecule has 72 valence electrons. The van der Waals surface area contributed by atoms with Crippen molar-refractivity contribution in [2.75, 3.05) is 6.54 Å². The van der Waals surface area contributed by atoms with E-state index < -0.39 is 12.0 Å². The van der Waals surface area contributed by atoms with Crippen molar-refractivity contribution in [1.29, 1.82) is 0 Å². The number of hydrogen-bond acceptors (Lipinski definition) is 2. The van der Waals surface area contributed by atoms with Gasteiger partial charge in [-0.1, -0.05) is 23.2 Å². The summed E-state index contributed by atoms with van der Waals surface area (Å²) in [5.41, 5.74) is 4.97. The lowest BCUT2D eigenvalue weighted by atomic mass is 10.2. The molecule has 0 fully saturated rings. The molecule has 2 nitrogen and oxygen atoms in total. The maximum atomic E-state index is 13.0. The standard InChI is InChI=1S/C7H6Cl2F2N2/c8-6-3(5(11)2-12)1-4(10)7(9)13-6/h1,5H,2,12H2. The van der Waals surface area contributed by atoms with Crippen LogP contribution in [-0.4, -0.2) is 11.5 Å². The third-order valence-corrected chi connectivity index (χ3v) is 2.03. The molecule has 0 radical (unpaired) electrons. The summed E-state index contributed by atoms with van der Waals surface area (Å²) in [4.78, 5) is 3.40. The van der Waals surface area contributed by atoms with Crippen LogP contribution >= 0.6 is 23.2 Å². The van der Waals surface area contributed by atoms with Crippen LogP contribution in [0, 0.1) is 5.82 Å². The van der Waals surface area contributed by atoms with E-state index in [9.17, 15) is 8.78 Å². The van der Waals surface area contributed by atoms with E-state index in [2.05, 4.69) is 4.98 Å². The second-order valence-corrected chi connectivity index (χ2v) is 3.06. The van der Waals surface area contributed by atoms with Crippen LogP contribution in [0.4, 0.5) is 8.78 Å². The topological polar surface area (TPSA) is 38.9 Å². The molecule has 0 saturated carbocycles. The SMILES string of the molecule is NCC(F)c1cc(F)c(Cl)nc1Cl. The van der Waals surface area contributed by atoms with Crippen molar-refractivity contribution >= 4 is 23.2 Å². The van der Waals surface area contributed by atoms with Crippen LogP contribution in [0.2, 0.25) is 10.3 Å². The van der Waals surface area contributed by atoms with Crippen LogP contribution < -0.4 is 5.73 Å². The van der Waals surface area contributed by atoms with Gasteiger partial charge in [-0.15, -0.1) is 0 Å². The van der Waals surface area contributed by atoms with Gasteiger partial charge in [-0.25, -0.2) is 13.8 Å². The monoisotopic (exact) mass is 226 g/mol. The van der Waals surface area contributed by atoms with Gasteiger partial charge in [-0.05, 0) is 6.07 Å². The smallest absolute Gasteiger partial charge is 0.166 e. The number of aromatic nitrogens is 1. The predicted octanol–water partition coefficient (Wildman–Crippen LogP) is 2.50. The lowest BCUT2D eigenvalue weighted by molar-refractivity contribution is 0.351. The van der Waals surface area contributed by atoms with Crippen LogP contribution in [0.1, 0.15) is 11.7 Å². The molecule has 0 spiro atoms. The summed E-state index contributed by atoms with van der Waals surface area (Å²) >= 11 is 10.8. The zero-order chi connectivity index (χ0) is 10.0. The van der Waals surface area contributed by atoms with E-state index in [1.165, 1.54) is 0 Å². The normalized spacial score (nSPS) is 13.0. The first-order valence-electron chi connectivity index (χ1n) is 3.41. The maximum Gasteiger partial charge on any atom is 0.166 e. The van der Waals surface area contributed by atoms with Gasteiger partial charge in [0, 0.05) is 12.1 Å². The molecule has 0 bridgehead atoms. The van der Waals surface area contributed by atoms with E-state index in [-0.39, 0.29) is 22.4 Å². The molecule has 1 heterocycles. The van der Waals surface area contributed by atoms with Crippen LogP contribution in [0.25, 0.3) is 0 Å². The van der Waals surface area contributed by atoms with Gasteiger partial charge in [0.05, 0.1) is 0 Å². The summed E-state index contributed by atoms with van der Waals surface area (Å²) in [5.74, 6) is -0.808. The Kier molecular flexibility index (Phi) is 3.41. The molecule has 0 aliphatic carbocycles. The zero-order valence-electron chi connectivity index (χ0n) is 6.40. The molecule has 2 N–H and O–H groups in total. The summed E-state index contributed by atoms with van der Waals surface area (Å²) in [5, 5.41) is -0.540. The highest BCUT2D eigenvalue weighted by Gasteiger charge is 2.16. The molecule has 0 aromatic carbocycles. The number of rotatable bonds is 2. The van der Waals surface area contributed by atoms with Crippen molar-refractivity contribution in [3.8, 4) is 0 Å². The van der Waals surface area contributed by atoms with E-state index in [1.54, 1.807) is 0 Å². The molecule has 0 amide bonds. The first kappa shape index (κ1) is 10.6. The highest BCUT2D eigenvalue weighted by molar-refractivity contribution is 6.32. The summed E-state index contributed by atoms with van der Waals surface area (Å²) < 4.78 is 25.8. The van der Waals surface area contributed by atoms with Gasteiger partial charge in [0.15, 0.2) is 11.0 Å². The van der Waals surface area contributed by atoms with Gasteiger partial charge < -0.3 is 5.73 Å². The Morgan fingerprint density at radius 3 is 2.62 bits per heavy atom. The Bertz CT molecular complexity index is 320. The van der Waals surface area contributed by atoms with Gasteiger partial charge in [-0.3, -0.25) is 0 Å². The third-order valence-electron chi connectivity index (χ3n) is 1.46. The van der Waals surface area contributed by atoms with E-state index in [0.29, 0.717) is 0 Å². The van der Waals surface area contributed by atoms with E-state index >= 15 is 0 Å². The van der Waals surface area contributed by atoms with E-state index in [0.717, 1.165) is 6.07 Å². The molecular weight excluding hydrogens is 221 g/mol. The van der Waals surface area contributed by atoms with Gasteiger partial charge in [-0.2, -0.15) is 0 Å². The minimum absolute atomic E-state index is 0.0777. The number of nitrogens with zero attached hydrogens (tertiary/aromatic N) is 1. The summed E-state index contributed by atoms with van der Waals surface area (Å²) in [6.45, 7) is -0.275. The Hall–Kier alpha value is -0.450. The first-order chi connectivity index (χ1) is 6.06. The summed E-state index contributed by atoms with van der Waals surface area (Å²) in [7, 11) is 0. The van der Waals surface area contributed by atoms with Crippen molar-refractivity contribution in [3.63, 3.8) is 0 Å². The Morgan fingerprint density at radius 2 is 2.08 bits per heavy atom. The number of halogens is 4. The average Bonchev–Trinajstić information content (AvgIpc) is 2.10. The second kappa shape index (κ2) is 4.17. The zero-order valence-corrected chi connectivity index (χ0v) is 7.91. The molecule has 13 heavy (non-hydrogen) atoms. The fourth-order valence-electron chi connectivity index (χ4n) is 0.806. The number of nitrogens with two attached hydrogens (primary N) is 1. The van der Waals surface area contributed by atoms with Crippen molar-refractivity contribution in [1.82, 2.24) is 4.98 Å². The molecule has 1 aromatic rings. The van der Waals surface area contributed by atoms with Crippen molar-refractivity contribution in [3.05, 3.63) is 27.8 Å². The molecule has 6 heteroatoms. The Labute approximate surface area is 83.7 Å². The average molecular weight is 227 g/mol. The van der Waals surface area contributed by atoms with Crippen LogP contribution in [0.5, 0.6) is 0 Å². The predicted molar refractivity (Wildman–Crippen MR) is 47.1 cm³/mol. The highest BCUT2D eigenvalue weighted by atomic mass is 35.5.